The smallest absolute Gasteiger partial charge is 0.354 e. The molecule has 9 nitrogen and oxygen atoms in total. The van der Waals surface area contributed by atoms with Crippen LogP contribution in [0.25, 0.3) is 0 Å². The first kappa shape index (κ1) is 23.8. The van der Waals surface area contributed by atoms with E-state index in [1.54, 1.807) is 36.1 Å². The first-order chi connectivity index (χ1) is 17.5. The molecule has 2 atom stereocenters. The quantitative estimate of drug-likeness (QED) is 0.577. The van der Waals surface area contributed by atoms with E-state index in [-0.39, 0.29) is 30.1 Å². The Morgan fingerprint density at radius 1 is 0.944 bits per heavy atom. The summed E-state index contributed by atoms with van der Waals surface area (Å²) in [5.74, 6) is -0.157. The second-order valence-corrected chi connectivity index (χ2v) is 9.10. The van der Waals surface area contributed by atoms with Crippen LogP contribution in [0.5, 0.6) is 5.75 Å². The van der Waals surface area contributed by atoms with Gasteiger partial charge in [0.25, 0.3) is 5.91 Å². The molecule has 0 bridgehead atoms. The molecule has 0 aromatic heterocycles. The summed E-state index contributed by atoms with van der Waals surface area (Å²) in [6, 6.07) is 14.2. The van der Waals surface area contributed by atoms with Crippen molar-refractivity contribution in [1.82, 2.24) is 0 Å². The average molecular weight is 491 g/mol. The van der Waals surface area contributed by atoms with Gasteiger partial charge in [0, 0.05) is 36.8 Å². The van der Waals surface area contributed by atoms with Crippen molar-refractivity contribution in [3.8, 4) is 5.75 Å². The number of rotatable bonds is 6. The molecule has 2 fully saturated rings. The number of carbonyl (C=O) groups excluding carboxylic acids is 3. The van der Waals surface area contributed by atoms with E-state index in [0.717, 1.165) is 30.8 Å². The van der Waals surface area contributed by atoms with Gasteiger partial charge in [0.1, 0.15) is 11.8 Å². The summed E-state index contributed by atoms with van der Waals surface area (Å²) in [4.78, 5) is 42.4. The van der Waals surface area contributed by atoms with Crippen LogP contribution in [0, 0.1) is 5.92 Å². The van der Waals surface area contributed by atoms with Gasteiger partial charge in [-0.25, -0.2) is 4.79 Å². The lowest BCUT2D eigenvalue weighted by molar-refractivity contribution is -0.135. The fraction of sp³-hybridized carbons (Fsp3) is 0.407. The first-order valence-corrected chi connectivity index (χ1v) is 12.4. The third kappa shape index (κ3) is 4.29. The highest BCUT2D eigenvalue weighted by atomic mass is 16.5. The fourth-order valence-corrected chi connectivity index (χ4v) is 5.18. The Labute approximate surface area is 210 Å². The Kier molecular flexibility index (Phi) is 6.63. The van der Waals surface area contributed by atoms with Gasteiger partial charge in [-0.3, -0.25) is 14.6 Å². The first-order valence-electron chi connectivity index (χ1n) is 12.4. The maximum atomic E-state index is 13.8. The molecule has 2 aromatic rings. The molecule has 36 heavy (non-hydrogen) atoms. The van der Waals surface area contributed by atoms with Crippen molar-refractivity contribution >= 4 is 40.6 Å². The summed E-state index contributed by atoms with van der Waals surface area (Å²) < 4.78 is 10.5. The number of fused-ring (bicyclic) bond motifs is 1. The number of piperidine rings is 2. The topological polar surface area (TPSA) is 91.7 Å². The van der Waals surface area contributed by atoms with Crippen LogP contribution in [0.1, 0.15) is 32.6 Å². The summed E-state index contributed by atoms with van der Waals surface area (Å²) in [5.41, 5.74) is 2.58. The van der Waals surface area contributed by atoms with E-state index in [1.807, 2.05) is 41.3 Å². The highest BCUT2D eigenvalue weighted by Gasteiger charge is 2.50. The van der Waals surface area contributed by atoms with E-state index in [9.17, 15) is 14.4 Å². The number of nitrogens with zero attached hydrogens (tertiary/aromatic N) is 4. The molecule has 0 radical (unpaired) electrons. The maximum Gasteiger partial charge on any atom is 0.354 e. The van der Waals surface area contributed by atoms with Crippen molar-refractivity contribution in [2.45, 2.75) is 38.6 Å². The fourth-order valence-electron chi connectivity index (χ4n) is 5.18. The molecule has 0 aliphatic carbocycles. The van der Waals surface area contributed by atoms with Crippen molar-refractivity contribution in [3.05, 3.63) is 48.5 Å². The molecule has 0 spiro atoms. The predicted octanol–water partition coefficient (Wildman–Crippen LogP) is 3.37. The predicted molar refractivity (Wildman–Crippen MR) is 136 cm³/mol. The van der Waals surface area contributed by atoms with Crippen LogP contribution in [-0.2, 0) is 19.1 Å². The molecule has 0 N–H and O–H groups in total. The molecule has 188 valence electrons. The third-order valence-electron chi connectivity index (χ3n) is 7.01. The van der Waals surface area contributed by atoms with Gasteiger partial charge in [-0.15, -0.1) is 0 Å². The number of hydrogen-bond donors (Lipinski definition) is 0. The highest BCUT2D eigenvalue weighted by molar-refractivity contribution is 6.39. The number of ether oxygens (including phenoxy) is 2. The van der Waals surface area contributed by atoms with Gasteiger partial charge in [0.2, 0.25) is 5.91 Å². The average Bonchev–Trinajstić information content (AvgIpc) is 3.30. The van der Waals surface area contributed by atoms with E-state index in [0.29, 0.717) is 30.8 Å². The van der Waals surface area contributed by atoms with E-state index in [4.69, 9.17) is 9.47 Å². The van der Waals surface area contributed by atoms with Gasteiger partial charge in [-0.05, 0) is 74.7 Å². The van der Waals surface area contributed by atoms with Gasteiger partial charge in [-0.2, -0.15) is 5.10 Å². The zero-order chi connectivity index (χ0) is 25.2. The lowest BCUT2D eigenvalue weighted by atomic mass is 9.87. The molecule has 9 heteroatoms. The number of anilines is 3. The Hall–Kier alpha value is -3.88. The van der Waals surface area contributed by atoms with Crippen LogP contribution in [0.3, 0.4) is 0 Å². The molecule has 5 rings (SSSR count). The Morgan fingerprint density at radius 2 is 1.61 bits per heavy atom. The number of amides is 2. The summed E-state index contributed by atoms with van der Waals surface area (Å²) in [6.07, 6.45) is 3.07. The lowest BCUT2D eigenvalue weighted by Gasteiger charge is -2.37. The SMILES string of the molecule is CCOC(=O)C1=NN(c2ccc(OC)cc2)C2C(=O)N(c3ccc(N4CCCCC4=O)cc3)CCC12. The van der Waals surface area contributed by atoms with Gasteiger partial charge < -0.3 is 19.3 Å². The van der Waals surface area contributed by atoms with Gasteiger partial charge in [0.05, 0.1) is 19.4 Å². The van der Waals surface area contributed by atoms with Crippen molar-refractivity contribution in [3.63, 3.8) is 0 Å². The molecule has 3 aliphatic heterocycles. The van der Waals surface area contributed by atoms with Crippen LogP contribution < -0.4 is 19.5 Å². The summed E-state index contributed by atoms with van der Waals surface area (Å²) >= 11 is 0. The third-order valence-corrected chi connectivity index (χ3v) is 7.01. The van der Waals surface area contributed by atoms with E-state index in [2.05, 4.69) is 5.10 Å². The minimum atomic E-state index is -0.658. The van der Waals surface area contributed by atoms with Crippen LogP contribution >= 0.6 is 0 Å². The minimum absolute atomic E-state index is 0.132. The van der Waals surface area contributed by atoms with Crippen molar-refractivity contribution < 1.29 is 23.9 Å². The van der Waals surface area contributed by atoms with Gasteiger partial charge >= 0.3 is 5.97 Å². The molecule has 3 aliphatic rings. The molecule has 2 amide bonds. The lowest BCUT2D eigenvalue weighted by Crippen LogP contribution is -2.54. The number of esters is 1. The van der Waals surface area contributed by atoms with Crippen molar-refractivity contribution in [2.75, 3.05) is 41.6 Å². The molecule has 2 aromatic carbocycles. The number of hydrogen-bond acceptors (Lipinski definition) is 7. The second-order valence-electron chi connectivity index (χ2n) is 9.10. The van der Waals surface area contributed by atoms with Crippen molar-refractivity contribution in [1.29, 1.82) is 0 Å². The molecular weight excluding hydrogens is 460 g/mol. The molecule has 2 unspecified atom stereocenters. The monoisotopic (exact) mass is 490 g/mol. The normalized spacial score (nSPS) is 21.8. The van der Waals surface area contributed by atoms with Crippen LogP contribution in [0.2, 0.25) is 0 Å². The van der Waals surface area contributed by atoms with E-state index in [1.165, 1.54) is 0 Å². The number of hydrazone groups is 1. The Bertz CT molecular complexity index is 1180. The van der Waals surface area contributed by atoms with Crippen LogP contribution in [0.15, 0.2) is 53.6 Å². The standard InChI is InChI=1S/C27H30N4O5/c1-3-36-27(34)24-22-15-17-30(19-9-7-18(8-10-19)29-16-5-4-6-23(29)32)26(33)25(22)31(28-24)20-11-13-21(35-2)14-12-20/h7-14,22,25H,3-6,15-17H2,1-2H3. The highest BCUT2D eigenvalue weighted by Crippen LogP contribution is 2.37. The number of benzene rings is 2. The van der Waals surface area contributed by atoms with E-state index < -0.39 is 12.0 Å². The summed E-state index contributed by atoms with van der Waals surface area (Å²) in [6.45, 7) is 3.16. The zero-order valence-electron chi connectivity index (χ0n) is 20.6. The molecular formula is C27H30N4O5. The summed E-state index contributed by atoms with van der Waals surface area (Å²) in [5, 5.41) is 6.21. The van der Waals surface area contributed by atoms with Crippen LogP contribution in [0.4, 0.5) is 17.1 Å². The Morgan fingerprint density at radius 3 is 2.25 bits per heavy atom. The van der Waals surface area contributed by atoms with Crippen molar-refractivity contribution in [2.24, 2.45) is 11.0 Å². The minimum Gasteiger partial charge on any atom is -0.497 e. The molecule has 2 saturated heterocycles. The summed E-state index contributed by atoms with van der Waals surface area (Å²) in [7, 11) is 1.59. The number of methoxy groups -OCH3 is 1. The second kappa shape index (κ2) is 10.0. The van der Waals surface area contributed by atoms with E-state index >= 15 is 0 Å². The van der Waals surface area contributed by atoms with Crippen LogP contribution in [-0.4, -0.2) is 56.3 Å². The molecule has 0 saturated carbocycles. The zero-order valence-corrected chi connectivity index (χ0v) is 20.6. The van der Waals surface area contributed by atoms with Gasteiger partial charge in [0.15, 0.2) is 5.71 Å². The molecule has 3 heterocycles. The Balaban J connectivity index is 1.42. The largest absolute Gasteiger partial charge is 0.497 e. The number of carbonyl (C=O) groups is 3. The van der Waals surface area contributed by atoms with Gasteiger partial charge in [-0.1, -0.05) is 0 Å². The maximum absolute atomic E-state index is 13.8.